The minimum atomic E-state index is 0.384. The summed E-state index contributed by atoms with van der Waals surface area (Å²) in [5.41, 5.74) is 3.75. The molecule has 0 aliphatic carbocycles. The van der Waals surface area contributed by atoms with Crippen molar-refractivity contribution in [2.24, 2.45) is 0 Å². The first-order chi connectivity index (χ1) is 10.5. The number of rotatable bonds is 4. The molecule has 0 saturated heterocycles. The molecule has 3 rings (SSSR count). The zero-order chi connectivity index (χ0) is 15.9. The summed E-state index contributed by atoms with van der Waals surface area (Å²) in [4.78, 5) is 27.4. The highest BCUT2D eigenvalue weighted by atomic mass is 32.2. The molecule has 0 aromatic carbocycles. The predicted molar refractivity (Wildman–Crippen MR) is 96.4 cm³/mol. The molecule has 22 heavy (non-hydrogen) atoms. The van der Waals surface area contributed by atoms with Gasteiger partial charge in [0.05, 0.1) is 9.75 Å². The average Bonchev–Trinajstić information content (AvgIpc) is 3.15. The van der Waals surface area contributed by atoms with E-state index < -0.39 is 0 Å². The second kappa shape index (κ2) is 6.14. The maximum absolute atomic E-state index is 11.0. The van der Waals surface area contributed by atoms with Crippen LogP contribution >= 0.6 is 34.4 Å². The lowest BCUT2D eigenvalue weighted by atomic mass is 10.1. The second-order valence-corrected chi connectivity index (χ2v) is 8.92. The quantitative estimate of drug-likeness (QED) is 0.669. The Kier molecular flexibility index (Phi) is 4.39. The highest BCUT2D eigenvalue weighted by Gasteiger charge is 2.29. The number of carbonyl (C=O) groups excluding carboxylic acids is 2. The summed E-state index contributed by atoms with van der Waals surface area (Å²) in [7, 11) is 0. The monoisotopic (exact) mass is 348 g/mol. The Morgan fingerprint density at radius 1 is 1.00 bits per heavy atom. The number of allylic oxidation sites excluding steroid dienone is 1. The summed E-state index contributed by atoms with van der Waals surface area (Å²) >= 11 is 5.04. The zero-order valence-corrected chi connectivity index (χ0v) is 15.1. The predicted octanol–water partition coefficient (Wildman–Crippen LogP) is 5.66. The molecule has 0 N–H and O–H groups in total. The van der Waals surface area contributed by atoms with Crippen molar-refractivity contribution in [2.75, 3.05) is 0 Å². The van der Waals surface area contributed by atoms with Crippen molar-refractivity contribution in [2.45, 2.75) is 32.4 Å². The first kappa shape index (κ1) is 15.7. The van der Waals surface area contributed by atoms with Gasteiger partial charge in [-0.2, -0.15) is 0 Å². The molecule has 0 radical (unpaired) electrons. The van der Waals surface area contributed by atoms with Gasteiger partial charge in [0.25, 0.3) is 0 Å². The van der Waals surface area contributed by atoms with Crippen LogP contribution in [0.15, 0.2) is 17.7 Å². The number of carbonyl (C=O) groups is 2. The molecule has 1 unspecified atom stereocenters. The maximum atomic E-state index is 11.0. The molecule has 114 valence electrons. The first-order valence-corrected chi connectivity index (χ1v) is 9.52. The third kappa shape index (κ3) is 2.73. The molecule has 1 aliphatic rings. The van der Waals surface area contributed by atoms with Crippen molar-refractivity contribution in [1.29, 1.82) is 0 Å². The van der Waals surface area contributed by atoms with E-state index in [-0.39, 0.29) is 0 Å². The number of hydrogen-bond acceptors (Lipinski definition) is 5. The van der Waals surface area contributed by atoms with Crippen LogP contribution in [-0.2, 0) is 0 Å². The van der Waals surface area contributed by atoms with Crippen LogP contribution in [0.2, 0.25) is 0 Å². The van der Waals surface area contributed by atoms with E-state index in [1.807, 2.05) is 23.9 Å². The van der Waals surface area contributed by atoms with Gasteiger partial charge in [0.2, 0.25) is 0 Å². The Labute approximate surface area is 142 Å². The van der Waals surface area contributed by atoms with Gasteiger partial charge in [0.1, 0.15) is 0 Å². The van der Waals surface area contributed by atoms with Gasteiger partial charge in [-0.15, -0.1) is 34.4 Å². The van der Waals surface area contributed by atoms with Crippen LogP contribution < -0.4 is 0 Å². The van der Waals surface area contributed by atoms with Crippen LogP contribution in [0.5, 0.6) is 0 Å². The molecule has 2 aromatic rings. The SMILES string of the molecule is CC1=C(c2sc(C=O)cc2C)SC(c2sc(C=O)cc2C)C1. The van der Waals surface area contributed by atoms with Crippen LogP contribution in [0.25, 0.3) is 4.91 Å². The van der Waals surface area contributed by atoms with E-state index >= 15 is 0 Å². The minimum Gasteiger partial charge on any atom is -0.297 e. The van der Waals surface area contributed by atoms with Gasteiger partial charge >= 0.3 is 0 Å². The van der Waals surface area contributed by atoms with Gasteiger partial charge in [-0.05, 0) is 50.5 Å². The molecule has 0 amide bonds. The van der Waals surface area contributed by atoms with E-state index in [0.717, 1.165) is 28.7 Å². The summed E-state index contributed by atoms with van der Waals surface area (Å²) in [6.07, 6.45) is 2.86. The number of hydrogen-bond donors (Lipinski definition) is 0. The van der Waals surface area contributed by atoms with Crippen LogP contribution in [0.1, 0.15) is 58.8 Å². The Hall–Kier alpha value is -1.17. The highest BCUT2D eigenvalue weighted by molar-refractivity contribution is 8.09. The molecule has 0 fully saturated rings. The van der Waals surface area contributed by atoms with Gasteiger partial charge in [-0.1, -0.05) is 5.57 Å². The van der Waals surface area contributed by atoms with Crippen molar-refractivity contribution in [1.82, 2.24) is 0 Å². The molecule has 1 atom stereocenters. The molecule has 1 aliphatic heterocycles. The Bertz CT molecular complexity index is 780. The van der Waals surface area contributed by atoms with Gasteiger partial charge in [-0.3, -0.25) is 9.59 Å². The Morgan fingerprint density at radius 3 is 2.23 bits per heavy atom. The number of thioether (sulfide) groups is 1. The van der Waals surface area contributed by atoms with Gasteiger partial charge in [0.15, 0.2) is 12.6 Å². The van der Waals surface area contributed by atoms with E-state index in [1.165, 1.54) is 31.4 Å². The largest absolute Gasteiger partial charge is 0.297 e. The third-order valence-corrected chi connectivity index (χ3v) is 7.99. The summed E-state index contributed by atoms with van der Waals surface area (Å²) < 4.78 is 0. The average molecular weight is 349 g/mol. The van der Waals surface area contributed by atoms with Crippen molar-refractivity contribution in [3.8, 4) is 0 Å². The van der Waals surface area contributed by atoms with Gasteiger partial charge in [-0.25, -0.2) is 0 Å². The number of aldehydes is 2. The lowest BCUT2D eigenvalue weighted by molar-refractivity contribution is 0.111. The van der Waals surface area contributed by atoms with Crippen molar-refractivity contribution >= 4 is 51.9 Å². The molecular weight excluding hydrogens is 332 g/mol. The highest BCUT2D eigenvalue weighted by Crippen LogP contribution is 2.55. The minimum absolute atomic E-state index is 0.384. The number of thiophene rings is 2. The topological polar surface area (TPSA) is 34.1 Å². The molecule has 5 heteroatoms. The van der Waals surface area contributed by atoms with Crippen LogP contribution in [0, 0.1) is 13.8 Å². The van der Waals surface area contributed by atoms with Crippen LogP contribution in [0.3, 0.4) is 0 Å². The van der Waals surface area contributed by atoms with Crippen LogP contribution in [-0.4, -0.2) is 12.6 Å². The molecule has 2 aromatic heterocycles. The summed E-state index contributed by atoms with van der Waals surface area (Å²) in [5, 5.41) is 0.384. The van der Waals surface area contributed by atoms with E-state index in [1.54, 1.807) is 22.7 Å². The lowest BCUT2D eigenvalue weighted by Gasteiger charge is -2.09. The van der Waals surface area contributed by atoms with E-state index in [9.17, 15) is 9.59 Å². The van der Waals surface area contributed by atoms with E-state index in [2.05, 4.69) is 20.8 Å². The smallest absolute Gasteiger partial charge is 0.160 e. The third-order valence-electron chi connectivity index (χ3n) is 3.78. The van der Waals surface area contributed by atoms with E-state index in [4.69, 9.17) is 0 Å². The first-order valence-electron chi connectivity index (χ1n) is 7.01. The van der Waals surface area contributed by atoms with Crippen molar-refractivity contribution in [3.63, 3.8) is 0 Å². The standard InChI is InChI=1S/C17H16O2S3/c1-9-4-12(7-18)20-15(9)14-6-11(3)17(22-14)16-10(2)5-13(8-19)21-16/h4-5,7-8,14H,6H2,1-3H3. The normalized spacial score (nSPS) is 18.0. The fourth-order valence-corrected chi connectivity index (χ4v) is 6.74. The Balaban J connectivity index is 1.91. The molecule has 0 saturated carbocycles. The van der Waals surface area contributed by atoms with Crippen LogP contribution in [0.4, 0.5) is 0 Å². The molecule has 2 nitrogen and oxygen atoms in total. The second-order valence-electron chi connectivity index (χ2n) is 5.51. The lowest BCUT2D eigenvalue weighted by Crippen LogP contribution is -1.87. The molecular formula is C17H16O2S3. The summed E-state index contributed by atoms with van der Waals surface area (Å²) in [6, 6.07) is 3.93. The molecule has 3 heterocycles. The van der Waals surface area contributed by atoms with Crippen molar-refractivity contribution < 1.29 is 9.59 Å². The number of aryl methyl sites for hydroxylation is 2. The molecule has 0 spiro atoms. The van der Waals surface area contributed by atoms with Crippen molar-refractivity contribution in [3.05, 3.63) is 48.3 Å². The van der Waals surface area contributed by atoms with Gasteiger partial charge in [0, 0.05) is 19.9 Å². The summed E-state index contributed by atoms with van der Waals surface area (Å²) in [6.45, 7) is 6.31. The Morgan fingerprint density at radius 2 is 1.64 bits per heavy atom. The summed E-state index contributed by atoms with van der Waals surface area (Å²) in [5.74, 6) is 0. The maximum Gasteiger partial charge on any atom is 0.160 e. The molecule has 0 bridgehead atoms. The zero-order valence-electron chi connectivity index (χ0n) is 12.6. The fourth-order valence-electron chi connectivity index (χ4n) is 2.74. The van der Waals surface area contributed by atoms with Gasteiger partial charge < -0.3 is 0 Å². The van der Waals surface area contributed by atoms with E-state index in [0.29, 0.717) is 5.25 Å². The fraction of sp³-hybridized carbons (Fsp3) is 0.294.